The minimum absolute atomic E-state index is 0.0268. The van der Waals surface area contributed by atoms with Crippen LogP contribution in [0.25, 0.3) is 0 Å². The quantitative estimate of drug-likeness (QED) is 0.622. The normalized spacial score (nSPS) is 21.9. The SMILES string of the molecule is O=C(Cc1ccc(C(F)(F)F)cc1)C[C@H]1CCCN(c2ccc(N3CC4(COC4)C3)cc2)C1=O. The topological polar surface area (TPSA) is 49.9 Å². The predicted octanol–water partition coefficient (Wildman–Crippen LogP) is 4.49. The minimum atomic E-state index is -4.40. The highest BCUT2D eigenvalue weighted by molar-refractivity contribution is 5.98. The molecule has 1 atom stereocenters. The van der Waals surface area contributed by atoms with Crippen molar-refractivity contribution in [3.05, 3.63) is 59.7 Å². The van der Waals surface area contributed by atoms with E-state index >= 15 is 0 Å². The minimum Gasteiger partial charge on any atom is -0.380 e. The van der Waals surface area contributed by atoms with E-state index in [1.807, 2.05) is 24.3 Å². The fourth-order valence-electron chi connectivity index (χ4n) is 5.14. The molecule has 0 unspecified atom stereocenters. The number of rotatable bonds is 6. The second kappa shape index (κ2) is 8.73. The van der Waals surface area contributed by atoms with Crippen molar-refractivity contribution in [1.82, 2.24) is 0 Å². The first kappa shape index (κ1) is 22.9. The van der Waals surface area contributed by atoms with Crippen LogP contribution in [0.15, 0.2) is 48.5 Å². The molecule has 2 aromatic carbocycles. The molecule has 34 heavy (non-hydrogen) atoms. The first-order valence-electron chi connectivity index (χ1n) is 11.6. The number of nitrogens with zero attached hydrogens (tertiary/aromatic N) is 2. The van der Waals surface area contributed by atoms with E-state index in [0.29, 0.717) is 23.9 Å². The summed E-state index contributed by atoms with van der Waals surface area (Å²) in [4.78, 5) is 29.8. The lowest BCUT2D eigenvalue weighted by atomic mass is 9.78. The van der Waals surface area contributed by atoms with Gasteiger partial charge >= 0.3 is 6.18 Å². The highest BCUT2D eigenvalue weighted by Crippen LogP contribution is 2.40. The molecule has 5 nitrogen and oxygen atoms in total. The third-order valence-electron chi connectivity index (χ3n) is 7.10. The average Bonchev–Trinajstić information content (AvgIpc) is 2.74. The van der Waals surface area contributed by atoms with Crippen LogP contribution >= 0.6 is 0 Å². The van der Waals surface area contributed by atoms with Gasteiger partial charge < -0.3 is 14.5 Å². The molecule has 3 saturated heterocycles. The van der Waals surface area contributed by atoms with Crippen LogP contribution in [-0.2, 0) is 26.9 Å². The van der Waals surface area contributed by atoms with Crippen molar-refractivity contribution in [2.45, 2.75) is 31.9 Å². The zero-order valence-corrected chi connectivity index (χ0v) is 18.8. The molecule has 1 spiro atoms. The van der Waals surface area contributed by atoms with Gasteiger partial charge in [0.15, 0.2) is 0 Å². The number of amides is 1. The molecule has 3 aliphatic rings. The summed E-state index contributed by atoms with van der Waals surface area (Å²) in [6.07, 6.45) is -2.82. The number of piperidine rings is 1. The van der Waals surface area contributed by atoms with Crippen molar-refractivity contribution >= 4 is 23.1 Å². The van der Waals surface area contributed by atoms with Gasteiger partial charge in [0.1, 0.15) is 5.78 Å². The third-order valence-corrected chi connectivity index (χ3v) is 7.10. The highest BCUT2D eigenvalue weighted by Gasteiger charge is 2.49. The number of alkyl halides is 3. The number of Topliss-reactive ketones (excluding diaryl/α,β-unsaturated/α-hetero) is 1. The number of ketones is 1. The second-order valence-corrected chi connectivity index (χ2v) is 9.81. The Kier molecular flexibility index (Phi) is 5.88. The Morgan fingerprint density at radius 1 is 1.00 bits per heavy atom. The molecule has 1 amide bonds. The van der Waals surface area contributed by atoms with Crippen molar-refractivity contribution in [3.63, 3.8) is 0 Å². The molecule has 0 bridgehead atoms. The summed E-state index contributed by atoms with van der Waals surface area (Å²) in [6, 6.07) is 12.6. The number of halogens is 3. The van der Waals surface area contributed by atoms with E-state index in [2.05, 4.69) is 4.90 Å². The van der Waals surface area contributed by atoms with Crippen molar-refractivity contribution in [3.8, 4) is 0 Å². The molecular formula is C26H27F3N2O3. The van der Waals surface area contributed by atoms with Gasteiger partial charge in [-0.05, 0) is 54.8 Å². The molecule has 8 heteroatoms. The van der Waals surface area contributed by atoms with Gasteiger partial charge in [0.25, 0.3) is 0 Å². The van der Waals surface area contributed by atoms with Crippen LogP contribution in [0.1, 0.15) is 30.4 Å². The Bertz CT molecular complexity index is 1050. The number of carbonyl (C=O) groups excluding carboxylic acids is 2. The Balaban J connectivity index is 1.17. The number of hydrogen-bond acceptors (Lipinski definition) is 4. The largest absolute Gasteiger partial charge is 0.416 e. The lowest BCUT2D eigenvalue weighted by molar-refractivity contribution is -0.137. The fraction of sp³-hybridized carbons (Fsp3) is 0.462. The van der Waals surface area contributed by atoms with E-state index < -0.39 is 17.7 Å². The molecule has 180 valence electrons. The van der Waals surface area contributed by atoms with Gasteiger partial charge in [0, 0.05) is 49.8 Å². The Hall–Kier alpha value is -2.87. The zero-order chi connectivity index (χ0) is 23.9. The molecule has 3 fully saturated rings. The smallest absolute Gasteiger partial charge is 0.380 e. The molecule has 0 aliphatic carbocycles. The standard InChI is InChI=1S/C26H27F3N2O3/c27-26(28,29)20-5-3-18(4-6-20)12-23(32)13-19-2-1-11-31(24(19)33)22-9-7-21(8-10-22)30-14-25(15-30)16-34-17-25/h3-10,19H,1-2,11-17H2/t19-/m1/s1. The van der Waals surface area contributed by atoms with Crippen LogP contribution < -0.4 is 9.80 Å². The summed E-state index contributed by atoms with van der Waals surface area (Å²) in [5.41, 5.74) is 2.08. The number of benzene rings is 2. The molecule has 3 heterocycles. The lowest BCUT2D eigenvalue weighted by Gasteiger charge is -2.56. The third kappa shape index (κ3) is 4.56. The molecule has 0 aromatic heterocycles. The number of ether oxygens (including phenoxy) is 1. The first-order chi connectivity index (χ1) is 16.2. The fourth-order valence-corrected chi connectivity index (χ4v) is 5.14. The summed E-state index contributed by atoms with van der Waals surface area (Å²) < 4.78 is 43.5. The van der Waals surface area contributed by atoms with Gasteiger partial charge in [-0.1, -0.05) is 12.1 Å². The van der Waals surface area contributed by atoms with Crippen LogP contribution in [0.4, 0.5) is 24.5 Å². The van der Waals surface area contributed by atoms with Gasteiger partial charge in [0.2, 0.25) is 5.91 Å². The van der Waals surface area contributed by atoms with Crippen molar-refractivity contribution < 1.29 is 27.5 Å². The van der Waals surface area contributed by atoms with Gasteiger partial charge in [-0.15, -0.1) is 0 Å². The lowest BCUT2D eigenvalue weighted by Crippen LogP contribution is -2.66. The average molecular weight is 473 g/mol. The van der Waals surface area contributed by atoms with Gasteiger partial charge in [-0.3, -0.25) is 9.59 Å². The summed E-state index contributed by atoms with van der Waals surface area (Å²) in [6.45, 7) is 4.29. The zero-order valence-electron chi connectivity index (χ0n) is 18.8. The summed E-state index contributed by atoms with van der Waals surface area (Å²) >= 11 is 0. The first-order valence-corrected chi connectivity index (χ1v) is 11.6. The molecule has 0 saturated carbocycles. The van der Waals surface area contributed by atoms with Crippen molar-refractivity contribution in [2.24, 2.45) is 11.3 Å². The Morgan fingerprint density at radius 3 is 2.24 bits per heavy atom. The van der Waals surface area contributed by atoms with E-state index in [1.54, 1.807) is 4.90 Å². The second-order valence-electron chi connectivity index (χ2n) is 9.81. The van der Waals surface area contributed by atoms with Crippen LogP contribution in [0.3, 0.4) is 0 Å². The monoisotopic (exact) mass is 472 g/mol. The van der Waals surface area contributed by atoms with Gasteiger partial charge in [-0.2, -0.15) is 13.2 Å². The van der Waals surface area contributed by atoms with E-state index in [4.69, 9.17) is 4.74 Å². The van der Waals surface area contributed by atoms with Crippen LogP contribution in [0.2, 0.25) is 0 Å². The Labute approximate surface area is 196 Å². The molecule has 3 aliphatic heterocycles. The summed E-state index contributed by atoms with van der Waals surface area (Å²) in [5, 5.41) is 0. The molecular weight excluding hydrogens is 445 g/mol. The number of hydrogen-bond donors (Lipinski definition) is 0. The molecule has 2 aromatic rings. The highest BCUT2D eigenvalue weighted by atomic mass is 19.4. The maximum Gasteiger partial charge on any atom is 0.416 e. The van der Waals surface area contributed by atoms with Crippen molar-refractivity contribution in [2.75, 3.05) is 42.6 Å². The van der Waals surface area contributed by atoms with Crippen LogP contribution in [0, 0.1) is 11.3 Å². The maximum atomic E-state index is 13.1. The van der Waals surface area contributed by atoms with E-state index in [1.165, 1.54) is 12.1 Å². The number of carbonyl (C=O) groups is 2. The van der Waals surface area contributed by atoms with Crippen LogP contribution in [-0.4, -0.2) is 44.5 Å². The molecule has 0 radical (unpaired) electrons. The van der Waals surface area contributed by atoms with E-state index in [0.717, 1.165) is 56.2 Å². The maximum absolute atomic E-state index is 13.1. The molecule has 5 rings (SSSR count). The number of anilines is 2. The van der Waals surface area contributed by atoms with Crippen LogP contribution in [0.5, 0.6) is 0 Å². The predicted molar refractivity (Wildman–Crippen MR) is 122 cm³/mol. The van der Waals surface area contributed by atoms with Gasteiger partial charge in [-0.25, -0.2) is 0 Å². The molecule has 0 N–H and O–H groups in total. The van der Waals surface area contributed by atoms with E-state index in [9.17, 15) is 22.8 Å². The Morgan fingerprint density at radius 2 is 1.65 bits per heavy atom. The van der Waals surface area contributed by atoms with Crippen molar-refractivity contribution in [1.29, 1.82) is 0 Å². The van der Waals surface area contributed by atoms with E-state index in [-0.39, 0.29) is 24.5 Å². The summed E-state index contributed by atoms with van der Waals surface area (Å²) in [5.74, 6) is -0.597. The summed E-state index contributed by atoms with van der Waals surface area (Å²) in [7, 11) is 0. The van der Waals surface area contributed by atoms with Gasteiger partial charge in [0.05, 0.1) is 24.2 Å².